The summed E-state index contributed by atoms with van der Waals surface area (Å²) in [7, 11) is 3.38. The van der Waals surface area contributed by atoms with E-state index in [9.17, 15) is 0 Å². The van der Waals surface area contributed by atoms with E-state index in [2.05, 4.69) is 4.90 Å². The monoisotopic (exact) mass is 175 g/mol. The minimum Gasteiger partial charge on any atom is -0.383 e. The Hall–Kier alpha value is -0.160. The highest BCUT2D eigenvalue weighted by Crippen LogP contribution is 1.87. The quantitative estimate of drug-likeness (QED) is 0.516. The predicted molar refractivity (Wildman–Crippen MR) is 48.2 cm³/mol. The molecule has 4 heteroatoms. The van der Waals surface area contributed by atoms with Crippen LogP contribution in [-0.2, 0) is 9.47 Å². The molecule has 0 aromatic heterocycles. The van der Waals surface area contributed by atoms with Gasteiger partial charge in [0.05, 0.1) is 13.2 Å². The van der Waals surface area contributed by atoms with Crippen molar-refractivity contribution in [3.8, 4) is 0 Å². The number of rotatable bonds is 8. The van der Waals surface area contributed by atoms with Crippen molar-refractivity contribution in [1.82, 2.24) is 10.6 Å². The van der Waals surface area contributed by atoms with Gasteiger partial charge in [-0.15, -0.1) is 0 Å². The van der Waals surface area contributed by atoms with Gasteiger partial charge in [-0.1, -0.05) is 0 Å². The second-order valence-electron chi connectivity index (χ2n) is 2.58. The summed E-state index contributed by atoms with van der Waals surface area (Å²) in [6.07, 6.45) is 0. The number of hydrogen-bond donors (Lipinski definition) is 0. The Labute approximate surface area is 74.6 Å². The van der Waals surface area contributed by atoms with Crippen LogP contribution < -0.4 is 5.73 Å². The fourth-order valence-electron chi connectivity index (χ4n) is 0.934. The minimum absolute atomic E-state index is 0.438. The molecule has 0 spiro atoms. The third-order valence-corrected chi connectivity index (χ3v) is 1.65. The number of methoxy groups -OCH3 is 2. The van der Waals surface area contributed by atoms with Crippen LogP contribution in [0.1, 0.15) is 0 Å². The van der Waals surface area contributed by atoms with Crippen LogP contribution in [0.2, 0.25) is 0 Å². The smallest absolute Gasteiger partial charge is 0.0589 e. The zero-order valence-corrected chi connectivity index (χ0v) is 8.01. The maximum Gasteiger partial charge on any atom is 0.0589 e. The summed E-state index contributed by atoms with van der Waals surface area (Å²) in [5.41, 5.74) is 7.08. The van der Waals surface area contributed by atoms with Gasteiger partial charge in [-0.2, -0.15) is 0 Å². The van der Waals surface area contributed by atoms with Crippen LogP contribution >= 0.6 is 0 Å². The highest BCUT2D eigenvalue weighted by Gasteiger charge is 2.01. The molecule has 0 aliphatic rings. The van der Waals surface area contributed by atoms with E-state index in [1.807, 2.05) is 0 Å². The van der Waals surface area contributed by atoms with E-state index in [0.29, 0.717) is 6.54 Å². The zero-order valence-electron chi connectivity index (χ0n) is 8.01. The SMILES string of the molecule is COCCN(CC[NH])CCOC. The summed E-state index contributed by atoms with van der Waals surface area (Å²) in [6, 6.07) is 0. The molecule has 0 heterocycles. The van der Waals surface area contributed by atoms with Crippen molar-refractivity contribution < 1.29 is 9.47 Å². The first-order chi connectivity index (χ1) is 5.85. The van der Waals surface area contributed by atoms with Crippen LogP contribution in [0.3, 0.4) is 0 Å². The van der Waals surface area contributed by atoms with Crippen LogP contribution in [-0.4, -0.2) is 58.5 Å². The summed E-state index contributed by atoms with van der Waals surface area (Å²) in [5, 5.41) is 0. The molecule has 73 valence electrons. The average molecular weight is 175 g/mol. The van der Waals surface area contributed by atoms with Gasteiger partial charge in [0.15, 0.2) is 0 Å². The van der Waals surface area contributed by atoms with E-state index in [-0.39, 0.29) is 0 Å². The lowest BCUT2D eigenvalue weighted by atomic mass is 10.4. The minimum atomic E-state index is 0.438. The number of hydrogen-bond acceptors (Lipinski definition) is 3. The van der Waals surface area contributed by atoms with E-state index >= 15 is 0 Å². The molecule has 0 aromatic carbocycles. The number of nitrogens with one attached hydrogen (secondary N) is 1. The first-order valence-electron chi connectivity index (χ1n) is 4.20. The highest BCUT2D eigenvalue weighted by molar-refractivity contribution is 4.56. The van der Waals surface area contributed by atoms with Crippen molar-refractivity contribution in [2.75, 3.05) is 53.6 Å². The van der Waals surface area contributed by atoms with Crippen molar-refractivity contribution >= 4 is 0 Å². The van der Waals surface area contributed by atoms with Gasteiger partial charge in [-0.05, 0) is 0 Å². The van der Waals surface area contributed by atoms with Gasteiger partial charge in [-0.3, -0.25) is 10.6 Å². The van der Waals surface area contributed by atoms with E-state index < -0.39 is 0 Å². The lowest BCUT2D eigenvalue weighted by Crippen LogP contribution is -2.33. The molecule has 4 nitrogen and oxygen atoms in total. The molecular formula is C8H19N2O2. The summed E-state index contributed by atoms with van der Waals surface area (Å²) in [4.78, 5) is 2.17. The Bertz CT molecular complexity index is 83.1. The fraction of sp³-hybridized carbons (Fsp3) is 1.00. The Balaban J connectivity index is 3.40. The molecule has 1 N–H and O–H groups in total. The van der Waals surface area contributed by atoms with Gasteiger partial charge < -0.3 is 9.47 Å². The van der Waals surface area contributed by atoms with E-state index in [1.54, 1.807) is 14.2 Å². The van der Waals surface area contributed by atoms with Gasteiger partial charge in [0.1, 0.15) is 0 Å². The Kier molecular flexibility index (Phi) is 8.81. The maximum atomic E-state index is 7.08. The van der Waals surface area contributed by atoms with Crippen LogP contribution in [0.5, 0.6) is 0 Å². The topological polar surface area (TPSA) is 45.5 Å². The van der Waals surface area contributed by atoms with Crippen molar-refractivity contribution in [3.05, 3.63) is 0 Å². The van der Waals surface area contributed by atoms with E-state index in [4.69, 9.17) is 15.2 Å². The third kappa shape index (κ3) is 6.54. The molecule has 0 saturated carbocycles. The van der Waals surface area contributed by atoms with Crippen LogP contribution in [0.15, 0.2) is 0 Å². The molecule has 0 saturated heterocycles. The number of ether oxygens (including phenoxy) is 2. The summed E-state index contributed by atoms with van der Waals surface area (Å²) >= 11 is 0. The van der Waals surface area contributed by atoms with Gasteiger partial charge in [0, 0.05) is 40.4 Å². The molecule has 0 aliphatic heterocycles. The molecule has 1 radical (unpaired) electrons. The standard InChI is InChI=1S/C8H19N2O2/c1-11-7-5-10(4-3-9)6-8-12-2/h9H,3-8H2,1-2H3. The molecule has 0 amide bonds. The first-order valence-corrected chi connectivity index (χ1v) is 4.20. The number of nitrogens with zero attached hydrogens (tertiary/aromatic N) is 1. The zero-order chi connectivity index (χ0) is 9.23. The van der Waals surface area contributed by atoms with Crippen molar-refractivity contribution in [2.24, 2.45) is 0 Å². The second kappa shape index (κ2) is 8.93. The van der Waals surface area contributed by atoms with E-state index in [0.717, 1.165) is 32.8 Å². The lowest BCUT2D eigenvalue weighted by molar-refractivity contribution is 0.116. The van der Waals surface area contributed by atoms with Gasteiger partial charge >= 0.3 is 0 Å². The maximum absolute atomic E-state index is 7.08. The molecular weight excluding hydrogens is 156 g/mol. The van der Waals surface area contributed by atoms with Crippen molar-refractivity contribution in [1.29, 1.82) is 0 Å². The van der Waals surface area contributed by atoms with Crippen LogP contribution in [0, 0.1) is 0 Å². The lowest BCUT2D eigenvalue weighted by Gasteiger charge is -2.19. The Morgan fingerprint density at radius 3 is 1.83 bits per heavy atom. The average Bonchev–Trinajstić information content (AvgIpc) is 2.10. The fourth-order valence-corrected chi connectivity index (χ4v) is 0.934. The molecule has 0 aromatic rings. The van der Waals surface area contributed by atoms with Crippen LogP contribution in [0.4, 0.5) is 0 Å². The van der Waals surface area contributed by atoms with Crippen molar-refractivity contribution in [3.63, 3.8) is 0 Å². The second-order valence-corrected chi connectivity index (χ2v) is 2.58. The molecule has 0 bridgehead atoms. The van der Waals surface area contributed by atoms with Gasteiger partial charge in [0.25, 0.3) is 0 Å². The first kappa shape index (κ1) is 11.8. The molecule has 0 fully saturated rings. The summed E-state index contributed by atoms with van der Waals surface area (Å²) in [6.45, 7) is 4.46. The molecule has 12 heavy (non-hydrogen) atoms. The summed E-state index contributed by atoms with van der Waals surface area (Å²) < 4.78 is 9.91. The third-order valence-electron chi connectivity index (χ3n) is 1.65. The predicted octanol–water partition coefficient (Wildman–Crippen LogP) is -0.136. The Morgan fingerprint density at radius 2 is 1.50 bits per heavy atom. The molecule has 0 aliphatic carbocycles. The Morgan fingerprint density at radius 1 is 1.00 bits per heavy atom. The molecule has 0 unspecified atom stereocenters. The largest absolute Gasteiger partial charge is 0.383 e. The van der Waals surface area contributed by atoms with Crippen LogP contribution in [0.25, 0.3) is 0 Å². The normalized spacial score (nSPS) is 11.0. The summed E-state index contributed by atoms with van der Waals surface area (Å²) in [5.74, 6) is 0. The molecule has 0 rings (SSSR count). The van der Waals surface area contributed by atoms with Gasteiger partial charge in [0.2, 0.25) is 0 Å². The molecule has 0 atom stereocenters. The van der Waals surface area contributed by atoms with Crippen molar-refractivity contribution in [2.45, 2.75) is 0 Å². The van der Waals surface area contributed by atoms with Gasteiger partial charge in [-0.25, -0.2) is 0 Å². The van der Waals surface area contributed by atoms with E-state index in [1.165, 1.54) is 0 Å². The highest BCUT2D eigenvalue weighted by atomic mass is 16.5.